The van der Waals surface area contributed by atoms with Gasteiger partial charge >= 0.3 is 0 Å². The second-order valence-corrected chi connectivity index (χ2v) is 6.76. The standard InChI is InChI=1S/C18H25N5OS/c1-4-16-12-21-17(25-16)8-9-20-18(19-3)22-11-14-6-5-7-15(10-14)23-13(2)24/h5-7,10,12H,4,8-9,11H2,1-3H3,(H,23,24)(H2,19,20,22). The van der Waals surface area contributed by atoms with E-state index in [0.717, 1.165) is 41.6 Å². The molecule has 0 aliphatic carbocycles. The lowest BCUT2D eigenvalue weighted by molar-refractivity contribution is -0.114. The van der Waals surface area contributed by atoms with Crippen LogP contribution in [0.15, 0.2) is 35.5 Å². The number of aromatic nitrogens is 1. The molecule has 0 fully saturated rings. The first-order valence-electron chi connectivity index (χ1n) is 8.35. The number of carbonyl (C=O) groups excluding carboxylic acids is 1. The lowest BCUT2D eigenvalue weighted by Gasteiger charge is -2.12. The number of anilines is 1. The quantitative estimate of drug-likeness (QED) is 0.524. The number of aliphatic imine (C=N–C) groups is 1. The number of benzene rings is 1. The van der Waals surface area contributed by atoms with E-state index >= 15 is 0 Å². The fourth-order valence-corrected chi connectivity index (χ4v) is 3.15. The van der Waals surface area contributed by atoms with Gasteiger partial charge in [0.25, 0.3) is 0 Å². The summed E-state index contributed by atoms with van der Waals surface area (Å²) in [7, 11) is 1.75. The summed E-state index contributed by atoms with van der Waals surface area (Å²) in [6.07, 6.45) is 3.87. The van der Waals surface area contributed by atoms with E-state index in [1.807, 2.05) is 30.5 Å². The molecule has 6 nitrogen and oxygen atoms in total. The third kappa shape index (κ3) is 6.54. The smallest absolute Gasteiger partial charge is 0.221 e. The van der Waals surface area contributed by atoms with Crippen molar-refractivity contribution in [3.63, 3.8) is 0 Å². The number of aryl methyl sites for hydroxylation is 1. The van der Waals surface area contributed by atoms with E-state index in [-0.39, 0.29) is 5.91 Å². The lowest BCUT2D eigenvalue weighted by Crippen LogP contribution is -2.37. The van der Waals surface area contributed by atoms with E-state index in [2.05, 4.69) is 32.9 Å². The third-order valence-electron chi connectivity index (χ3n) is 3.51. The number of hydrogen-bond acceptors (Lipinski definition) is 4. The number of carbonyl (C=O) groups is 1. The van der Waals surface area contributed by atoms with Crippen LogP contribution in [0, 0.1) is 0 Å². The van der Waals surface area contributed by atoms with Gasteiger partial charge in [-0.2, -0.15) is 0 Å². The second-order valence-electron chi connectivity index (χ2n) is 5.56. The van der Waals surface area contributed by atoms with Crippen LogP contribution in [0.2, 0.25) is 0 Å². The normalized spacial score (nSPS) is 11.2. The van der Waals surface area contributed by atoms with Crippen molar-refractivity contribution in [1.29, 1.82) is 0 Å². The summed E-state index contributed by atoms with van der Waals surface area (Å²) >= 11 is 1.76. The van der Waals surface area contributed by atoms with Crippen LogP contribution < -0.4 is 16.0 Å². The van der Waals surface area contributed by atoms with Crippen molar-refractivity contribution in [3.05, 3.63) is 45.9 Å². The number of guanidine groups is 1. The predicted molar refractivity (Wildman–Crippen MR) is 104 cm³/mol. The summed E-state index contributed by atoms with van der Waals surface area (Å²) in [5.41, 5.74) is 1.87. The van der Waals surface area contributed by atoms with Crippen LogP contribution in [0.3, 0.4) is 0 Å². The predicted octanol–water partition coefficient (Wildman–Crippen LogP) is 2.57. The maximum atomic E-state index is 11.1. The van der Waals surface area contributed by atoms with Gasteiger partial charge in [-0.15, -0.1) is 11.3 Å². The maximum Gasteiger partial charge on any atom is 0.221 e. The first-order valence-corrected chi connectivity index (χ1v) is 9.17. The van der Waals surface area contributed by atoms with Gasteiger partial charge in [0.15, 0.2) is 5.96 Å². The largest absolute Gasteiger partial charge is 0.356 e. The molecular formula is C18H25N5OS. The molecule has 134 valence electrons. The molecule has 1 heterocycles. The van der Waals surface area contributed by atoms with Crippen molar-refractivity contribution in [3.8, 4) is 0 Å². The van der Waals surface area contributed by atoms with E-state index in [1.54, 1.807) is 18.4 Å². The molecule has 0 atom stereocenters. The van der Waals surface area contributed by atoms with Gasteiger partial charge < -0.3 is 16.0 Å². The van der Waals surface area contributed by atoms with Crippen molar-refractivity contribution >= 4 is 28.9 Å². The molecule has 25 heavy (non-hydrogen) atoms. The van der Waals surface area contributed by atoms with Crippen molar-refractivity contribution in [2.75, 3.05) is 18.9 Å². The second kappa shape index (κ2) is 9.78. The monoisotopic (exact) mass is 359 g/mol. The Morgan fingerprint density at radius 2 is 2.16 bits per heavy atom. The number of amides is 1. The zero-order valence-electron chi connectivity index (χ0n) is 14.9. The van der Waals surface area contributed by atoms with Gasteiger partial charge in [0.1, 0.15) is 0 Å². The summed E-state index contributed by atoms with van der Waals surface area (Å²) in [6, 6.07) is 7.75. The maximum absolute atomic E-state index is 11.1. The topological polar surface area (TPSA) is 78.4 Å². The number of hydrogen-bond donors (Lipinski definition) is 3. The molecule has 0 aliphatic rings. The van der Waals surface area contributed by atoms with Crippen LogP contribution >= 0.6 is 11.3 Å². The highest BCUT2D eigenvalue weighted by Gasteiger charge is 2.03. The van der Waals surface area contributed by atoms with Crippen molar-refractivity contribution in [2.24, 2.45) is 4.99 Å². The van der Waals surface area contributed by atoms with Gasteiger partial charge in [-0.25, -0.2) is 4.98 Å². The van der Waals surface area contributed by atoms with E-state index in [4.69, 9.17) is 0 Å². The average Bonchev–Trinajstić information content (AvgIpc) is 3.05. The molecule has 2 aromatic rings. The fourth-order valence-electron chi connectivity index (χ4n) is 2.28. The number of rotatable bonds is 7. The zero-order chi connectivity index (χ0) is 18.1. The van der Waals surface area contributed by atoms with Gasteiger partial charge in [0, 0.05) is 50.2 Å². The summed E-state index contributed by atoms with van der Waals surface area (Å²) < 4.78 is 0. The lowest BCUT2D eigenvalue weighted by atomic mass is 10.2. The molecule has 1 aromatic heterocycles. The van der Waals surface area contributed by atoms with E-state index in [0.29, 0.717) is 6.54 Å². The summed E-state index contributed by atoms with van der Waals surface area (Å²) in [6.45, 7) is 5.05. The van der Waals surface area contributed by atoms with Crippen LogP contribution in [0.4, 0.5) is 5.69 Å². The number of nitrogens with one attached hydrogen (secondary N) is 3. The number of thiazole rings is 1. The molecule has 3 N–H and O–H groups in total. The first-order chi connectivity index (χ1) is 12.1. The Morgan fingerprint density at radius 1 is 1.32 bits per heavy atom. The first kappa shape index (κ1) is 18.9. The van der Waals surface area contributed by atoms with Crippen LogP contribution in [-0.2, 0) is 24.2 Å². The molecule has 0 aliphatic heterocycles. The van der Waals surface area contributed by atoms with Gasteiger partial charge in [-0.3, -0.25) is 9.79 Å². The average molecular weight is 359 g/mol. The molecule has 2 rings (SSSR count). The van der Waals surface area contributed by atoms with Crippen LogP contribution in [-0.4, -0.2) is 30.4 Å². The van der Waals surface area contributed by atoms with Gasteiger partial charge in [-0.05, 0) is 24.1 Å². The molecule has 0 spiro atoms. The van der Waals surface area contributed by atoms with Crippen molar-refractivity contribution in [1.82, 2.24) is 15.6 Å². The minimum Gasteiger partial charge on any atom is -0.356 e. The van der Waals surface area contributed by atoms with E-state index in [9.17, 15) is 4.79 Å². The van der Waals surface area contributed by atoms with Gasteiger partial charge in [0.05, 0.1) is 5.01 Å². The van der Waals surface area contributed by atoms with Crippen molar-refractivity contribution in [2.45, 2.75) is 33.2 Å². The highest BCUT2D eigenvalue weighted by atomic mass is 32.1. The molecule has 1 amide bonds. The van der Waals surface area contributed by atoms with E-state index < -0.39 is 0 Å². The minimum absolute atomic E-state index is 0.0731. The molecule has 0 bridgehead atoms. The molecular weight excluding hydrogens is 334 g/mol. The molecule has 0 radical (unpaired) electrons. The molecule has 0 saturated carbocycles. The molecule has 0 unspecified atom stereocenters. The Morgan fingerprint density at radius 3 is 2.84 bits per heavy atom. The van der Waals surface area contributed by atoms with Crippen LogP contribution in [0.5, 0.6) is 0 Å². The SMILES string of the molecule is CCc1cnc(CCNC(=NC)NCc2cccc(NC(C)=O)c2)s1. The highest BCUT2D eigenvalue weighted by Crippen LogP contribution is 2.13. The van der Waals surface area contributed by atoms with Gasteiger partial charge in [-0.1, -0.05) is 19.1 Å². The third-order valence-corrected chi connectivity index (χ3v) is 4.71. The summed E-state index contributed by atoms with van der Waals surface area (Å²) in [5.74, 6) is 0.674. The Balaban J connectivity index is 1.79. The summed E-state index contributed by atoms with van der Waals surface area (Å²) in [5, 5.41) is 10.5. The molecule has 0 saturated heterocycles. The Labute approximate surface area is 152 Å². The van der Waals surface area contributed by atoms with Crippen molar-refractivity contribution < 1.29 is 4.79 Å². The highest BCUT2D eigenvalue weighted by molar-refractivity contribution is 7.11. The fraction of sp³-hybridized carbons (Fsp3) is 0.389. The Hall–Kier alpha value is -2.41. The zero-order valence-corrected chi connectivity index (χ0v) is 15.7. The molecule has 1 aromatic carbocycles. The minimum atomic E-state index is -0.0731. The van der Waals surface area contributed by atoms with Crippen LogP contribution in [0.1, 0.15) is 29.3 Å². The number of nitrogens with zero attached hydrogens (tertiary/aromatic N) is 2. The summed E-state index contributed by atoms with van der Waals surface area (Å²) in [4.78, 5) is 21.1. The Kier molecular flexibility index (Phi) is 7.40. The Bertz CT molecular complexity index is 726. The molecule has 7 heteroatoms. The van der Waals surface area contributed by atoms with Crippen LogP contribution in [0.25, 0.3) is 0 Å². The van der Waals surface area contributed by atoms with E-state index in [1.165, 1.54) is 11.8 Å². The van der Waals surface area contributed by atoms with Gasteiger partial charge in [0.2, 0.25) is 5.91 Å².